The molecule has 6 nitrogen and oxygen atoms in total. The van der Waals surface area contributed by atoms with E-state index in [2.05, 4.69) is 20.4 Å². The largest absolute Gasteiger partial charge is 0.465 e. The predicted octanol–water partition coefficient (Wildman–Crippen LogP) is 3.73. The van der Waals surface area contributed by atoms with E-state index in [0.717, 1.165) is 5.56 Å². The van der Waals surface area contributed by atoms with E-state index in [1.54, 1.807) is 42.6 Å². The Bertz CT molecular complexity index is 925. The molecule has 3 aromatic rings. The number of amides is 1. The summed E-state index contributed by atoms with van der Waals surface area (Å²) in [6.07, 6.45) is 1.59. The Morgan fingerprint density at radius 3 is 2.41 bits per heavy atom. The Kier molecular flexibility index (Phi) is 5.79. The topological polar surface area (TPSA) is 80.3 Å². The first-order valence-corrected chi connectivity index (χ1v) is 8.39. The summed E-state index contributed by atoms with van der Waals surface area (Å²) < 4.78 is 4.65. The van der Waals surface area contributed by atoms with Gasteiger partial charge in [-0.15, -0.1) is 0 Å². The van der Waals surface area contributed by atoms with Crippen LogP contribution in [0.5, 0.6) is 0 Å². The Morgan fingerprint density at radius 2 is 1.70 bits per heavy atom. The van der Waals surface area contributed by atoms with Crippen molar-refractivity contribution in [2.75, 3.05) is 17.7 Å². The molecule has 136 valence electrons. The highest BCUT2D eigenvalue weighted by molar-refractivity contribution is 6.04. The van der Waals surface area contributed by atoms with Gasteiger partial charge in [0, 0.05) is 24.0 Å². The monoisotopic (exact) mass is 361 g/mol. The molecule has 0 saturated carbocycles. The number of nitrogens with zero attached hydrogens (tertiary/aromatic N) is 1. The van der Waals surface area contributed by atoms with Crippen LogP contribution in [0.3, 0.4) is 0 Å². The zero-order valence-corrected chi connectivity index (χ0v) is 14.8. The zero-order valence-electron chi connectivity index (χ0n) is 14.8. The van der Waals surface area contributed by atoms with Crippen LogP contribution in [0, 0.1) is 0 Å². The average Bonchev–Trinajstić information content (AvgIpc) is 2.73. The molecule has 27 heavy (non-hydrogen) atoms. The lowest BCUT2D eigenvalue weighted by atomic mass is 10.2. The van der Waals surface area contributed by atoms with Gasteiger partial charge in [0.1, 0.15) is 5.82 Å². The van der Waals surface area contributed by atoms with Crippen LogP contribution in [0.25, 0.3) is 0 Å². The van der Waals surface area contributed by atoms with Gasteiger partial charge in [-0.25, -0.2) is 9.78 Å². The van der Waals surface area contributed by atoms with Gasteiger partial charge in [-0.3, -0.25) is 4.79 Å². The standard InChI is InChI=1S/C21H19N3O3/c1-27-21(26)16-7-9-18(10-8-16)24-20(25)17-11-12-22-19(13-17)23-14-15-5-3-2-4-6-15/h2-13H,14H2,1H3,(H,22,23)(H,24,25). The molecule has 0 fully saturated rings. The Hall–Kier alpha value is -3.67. The Labute approximate surface area is 157 Å². The molecule has 2 N–H and O–H groups in total. The molecule has 1 amide bonds. The molecule has 0 saturated heterocycles. The number of aromatic nitrogens is 1. The maximum Gasteiger partial charge on any atom is 0.337 e. The molecule has 1 aromatic heterocycles. The van der Waals surface area contributed by atoms with Crippen LogP contribution in [0.2, 0.25) is 0 Å². The number of hydrogen-bond donors (Lipinski definition) is 2. The molecule has 0 atom stereocenters. The van der Waals surface area contributed by atoms with Gasteiger partial charge in [-0.2, -0.15) is 0 Å². The number of pyridine rings is 1. The van der Waals surface area contributed by atoms with E-state index in [-0.39, 0.29) is 5.91 Å². The Morgan fingerprint density at radius 1 is 0.963 bits per heavy atom. The fourth-order valence-electron chi connectivity index (χ4n) is 2.47. The molecule has 6 heteroatoms. The number of carbonyl (C=O) groups excluding carboxylic acids is 2. The molecule has 0 bridgehead atoms. The maximum absolute atomic E-state index is 12.5. The number of methoxy groups -OCH3 is 1. The van der Waals surface area contributed by atoms with E-state index in [1.807, 2.05) is 30.3 Å². The van der Waals surface area contributed by atoms with Crippen molar-refractivity contribution in [3.8, 4) is 0 Å². The minimum Gasteiger partial charge on any atom is -0.465 e. The van der Waals surface area contributed by atoms with Crippen LogP contribution >= 0.6 is 0 Å². The van der Waals surface area contributed by atoms with Crippen molar-refractivity contribution in [2.24, 2.45) is 0 Å². The SMILES string of the molecule is COC(=O)c1ccc(NC(=O)c2ccnc(NCc3ccccc3)c2)cc1. The summed E-state index contributed by atoms with van der Waals surface area (Å²) >= 11 is 0. The van der Waals surface area contributed by atoms with Crippen LogP contribution in [-0.2, 0) is 11.3 Å². The van der Waals surface area contributed by atoms with Crippen LogP contribution in [0.4, 0.5) is 11.5 Å². The summed E-state index contributed by atoms with van der Waals surface area (Å²) in [4.78, 5) is 28.1. The zero-order chi connectivity index (χ0) is 19.1. The number of hydrogen-bond acceptors (Lipinski definition) is 5. The van der Waals surface area contributed by atoms with Gasteiger partial charge in [0.2, 0.25) is 0 Å². The van der Waals surface area contributed by atoms with Crippen LogP contribution in [-0.4, -0.2) is 24.0 Å². The summed E-state index contributed by atoms with van der Waals surface area (Å²) in [5.74, 6) is -0.0605. The van der Waals surface area contributed by atoms with E-state index in [1.165, 1.54) is 7.11 Å². The second-order valence-corrected chi connectivity index (χ2v) is 5.79. The molecule has 0 aliphatic rings. The number of ether oxygens (including phenoxy) is 1. The van der Waals surface area contributed by atoms with Gasteiger partial charge in [-0.1, -0.05) is 30.3 Å². The molecule has 2 aromatic carbocycles. The highest BCUT2D eigenvalue weighted by Crippen LogP contribution is 2.14. The lowest BCUT2D eigenvalue weighted by Gasteiger charge is -2.09. The van der Waals surface area contributed by atoms with Crippen molar-refractivity contribution in [2.45, 2.75) is 6.54 Å². The third-order valence-electron chi connectivity index (χ3n) is 3.90. The number of benzene rings is 2. The molecule has 0 radical (unpaired) electrons. The van der Waals surface area contributed by atoms with E-state index in [0.29, 0.717) is 29.2 Å². The van der Waals surface area contributed by atoms with E-state index >= 15 is 0 Å². The van der Waals surface area contributed by atoms with Gasteiger partial charge in [0.25, 0.3) is 5.91 Å². The second-order valence-electron chi connectivity index (χ2n) is 5.79. The number of carbonyl (C=O) groups is 2. The van der Waals surface area contributed by atoms with Gasteiger partial charge < -0.3 is 15.4 Å². The van der Waals surface area contributed by atoms with Crippen LogP contribution < -0.4 is 10.6 Å². The molecule has 1 heterocycles. The molecule has 0 aliphatic carbocycles. The van der Waals surface area contributed by atoms with Crippen molar-refractivity contribution in [1.29, 1.82) is 0 Å². The second kappa shape index (κ2) is 8.62. The lowest BCUT2D eigenvalue weighted by molar-refractivity contribution is 0.0600. The molecule has 0 spiro atoms. The van der Waals surface area contributed by atoms with E-state index < -0.39 is 5.97 Å². The molecule has 0 unspecified atom stereocenters. The van der Waals surface area contributed by atoms with Gasteiger partial charge in [0.15, 0.2) is 0 Å². The smallest absolute Gasteiger partial charge is 0.337 e. The molecule has 3 rings (SSSR count). The minimum absolute atomic E-state index is 0.258. The first-order chi connectivity index (χ1) is 13.2. The van der Waals surface area contributed by atoms with Gasteiger partial charge in [-0.05, 0) is 42.0 Å². The molecular weight excluding hydrogens is 342 g/mol. The lowest BCUT2D eigenvalue weighted by Crippen LogP contribution is -2.13. The van der Waals surface area contributed by atoms with Gasteiger partial charge >= 0.3 is 5.97 Å². The number of anilines is 2. The summed E-state index contributed by atoms with van der Waals surface area (Å²) in [6.45, 7) is 0.619. The predicted molar refractivity (Wildman–Crippen MR) is 104 cm³/mol. The van der Waals surface area contributed by atoms with Crippen molar-refractivity contribution < 1.29 is 14.3 Å². The van der Waals surface area contributed by atoms with Crippen molar-refractivity contribution in [3.05, 3.63) is 89.6 Å². The van der Waals surface area contributed by atoms with E-state index in [9.17, 15) is 9.59 Å². The molecule has 0 aliphatic heterocycles. The first-order valence-electron chi connectivity index (χ1n) is 8.39. The summed E-state index contributed by atoms with van der Waals surface area (Å²) in [5, 5.41) is 6.00. The highest BCUT2D eigenvalue weighted by Gasteiger charge is 2.09. The molecular formula is C21H19N3O3. The summed E-state index contributed by atoms with van der Waals surface area (Å²) in [6, 6.07) is 19.8. The first kappa shape index (κ1) is 18.1. The highest BCUT2D eigenvalue weighted by atomic mass is 16.5. The van der Waals surface area contributed by atoms with Crippen LogP contribution in [0.15, 0.2) is 72.9 Å². The Balaban J connectivity index is 1.63. The number of nitrogens with one attached hydrogen (secondary N) is 2. The van der Waals surface area contributed by atoms with Gasteiger partial charge in [0.05, 0.1) is 12.7 Å². The van der Waals surface area contributed by atoms with Crippen molar-refractivity contribution in [3.63, 3.8) is 0 Å². The van der Waals surface area contributed by atoms with Crippen molar-refractivity contribution in [1.82, 2.24) is 4.98 Å². The fraction of sp³-hybridized carbons (Fsp3) is 0.0952. The maximum atomic E-state index is 12.5. The average molecular weight is 361 g/mol. The third-order valence-corrected chi connectivity index (χ3v) is 3.90. The number of esters is 1. The fourth-order valence-corrected chi connectivity index (χ4v) is 2.47. The minimum atomic E-state index is -0.420. The van der Waals surface area contributed by atoms with Crippen LogP contribution in [0.1, 0.15) is 26.3 Å². The third kappa shape index (κ3) is 4.92. The quantitative estimate of drug-likeness (QED) is 0.654. The normalized spacial score (nSPS) is 10.1. The summed E-state index contributed by atoms with van der Waals surface area (Å²) in [5.41, 5.74) is 2.62. The van der Waals surface area contributed by atoms with Crippen molar-refractivity contribution >= 4 is 23.4 Å². The summed E-state index contributed by atoms with van der Waals surface area (Å²) in [7, 11) is 1.32. The van der Waals surface area contributed by atoms with E-state index in [4.69, 9.17) is 0 Å². The number of rotatable bonds is 6.